The van der Waals surface area contributed by atoms with Gasteiger partial charge in [0, 0.05) is 31.8 Å². The fourth-order valence-electron chi connectivity index (χ4n) is 4.00. The minimum Gasteiger partial charge on any atom is -0.512 e. The number of anilines is 1. The number of sulfonamides is 1. The summed E-state index contributed by atoms with van der Waals surface area (Å²) in [5.74, 6) is -0.456. The van der Waals surface area contributed by atoms with Gasteiger partial charge in [0.15, 0.2) is 5.03 Å². The van der Waals surface area contributed by atoms with Crippen molar-refractivity contribution in [3.05, 3.63) is 53.7 Å². The monoisotopic (exact) mass is 447 g/mol. The summed E-state index contributed by atoms with van der Waals surface area (Å²) in [5.41, 5.74) is 0.596. The molecule has 0 spiro atoms. The van der Waals surface area contributed by atoms with Crippen LogP contribution in [0, 0.1) is 0 Å². The predicted octanol–water partition coefficient (Wildman–Crippen LogP) is 3.86. The summed E-state index contributed by atoms with van der Waals surface area (Å²) in [6.45, 7) is 4.05. The molecule has 8 nitrogen and oxygen atoms in total. The summed E-state index contributed by atoms with van der Waals surface area (Å²) in [7, 11) is -2.14. The number of imidazole rings is 1. The van der Waals surface area contributed by atoms with Gasteiger partial charge >= 0.3 is 5.97 Å². The van der Waals surface area contributed by atoms with E-state index in [0.29, 0.717) is 30.5 Å². The van der Waals surface area contributed by atoms with E-state index in [4.69, 9.17) is 4.74 Å². The smallest absolute Gasteiger partial charge is 0.338 e. The van der Waals surface area contributed by atoms with Crippen LogP contribution in [0.1, 0.15) is 51.5 Å². The highest BCUT2D eigenvalue weighted by molar-refractivity contribution is 7.92. The second kappa shape index (κ2) is 9.13. The van der Waals surface area contributed by atoms with Crippen molar-refractivity contribution >= 4 is 21.7 Å². The number of carbonyl (C=O) groups is 1. The van der Waals surface area contributed by atoms with Crippen LogP contribution in [-0.2, 0) is 33.0 Å². The maximum atomic E-state index is 12.7. The van der Waals surface area contributed by atoms with E-state index in [1.807, 2.05) is 13.8 Å². The van der Waals surface area contributed by atoms with E-state index in [0.717, 1.165) is 12.8 Å². The Balaban J connectivity index is 1.80. The molecule has 2 N–H and O–H groups in total. The number of carbonyl (C=O) groups excluding carboxylic acids is 1. The number of nitrogens with zero attached hydrogens (tertiary/aromatic N) is 2. The van der Waals surface area contributed by atoms with E-state index in [1.54, 1.807) is 35.9 Å². The quantitative estimate of drug-likeness (QED) is 0.565. The van der Waals surface area contributed by atoms with Crippen LogP contribution in [0.4, 0.5) is 5.69 Å². The number of ether oxygens (including phenoxy) is 1. The molecular weight excluding hydrogens is 418 g/mol. The van der Waals surface area contributed by atoms with Crippen LogP contribution in [0.25, 0.3) is 0 Å². The van der Waals surface area contributed by atoms with E-state index in [-0.39, 0.29) is 22.8 Å². The van der Waals surface area contributed by atoms with Gasteiger partial charge in [-0.3, -0.25) is 4.72 Å². The molecule has 0 aliphatic carbocycles. The van der Waals surface area contributed by atoms with Crippen molar-refractivity contribution in [3.8, 4) is 0 Å². The number of aryl methyl sites for hydroxylation is 1. The Labute approximate surface area is 183 Å². The zero-order chi connectivity index (χ0) is 22.6. The Morgan fingerprint density at radius 1 is 1.26 bits per heavy atom. The topological polar surface area (TPSA) is 111 Å². The third-order valence-electron chi connectivity index (χ3n) is 5.32. The average Bonchev–Trinajstić information content (AvgIpc) is 3.13. The fourth-order valence-corrected chi connectivity index (χ4v) is 5.03. The van der Waals surface area contributed by atoms with Crippen molar-refractivity contribution in [3.63, 3.8) is 0 Å². The molecule has 168 valence electrons. The maximum Gasteiger partial charge on any atom is 0.338 e. The summed E-state index contributed by atoms with van der Waals surface area (Å²) in [6, 6.07) is 6.71. The number of esters is 1. The maximum absolute atomic E-state index is 12.7. The summed E-state index contributed by atoms with van der Waals surface area (Å²) in [5, 5.41) is 10.6. The minimum atomic E-state index is -3.83. The molecule has 0 bridgehead atoms. The van der Waals surface area contributed by atoms with Crippen molar-refractivity contribution in [2.24, 2.45) is 7.05 Å². The molecule has 0 amide bonds. The Kier molecular flexibility index (Phi) is 6.74. The standard InChI is InChI=1S/C22H29N3O5S/c1-4-9-22(10-5-2)13-19(26)18(21(27)30-22)12-16-7-6-8-17(11-16)24-31(28,29)20-14-25(3)15-23-20/h6-8,11,14-15,24,26H,4-5,9-10,12-13H2,1-3H3. The van der Waals surface area contributed by atoms with E-state index < -0.39 is 21.6 Å². The van der Waals surface area contributed by atoms with E-state index in [1.165, 1.54) is 12.5 Å². The predicted molar refractivity (Wildman–Crippen MR) is 117 cm³/mol. The van der Waals surface area contributed by atoms with E-state index in [2.05, 4.69) is 9.71 Å². The third kappa shape index (κ3) is 5.28. The van der Waals surface area contributed by atoms with Crippen LogP contribution < -0.4 is 4.72 Å². The number of aliphatic hydroxyl groups is 1. The number of benzene rings is 1. The molecular formula is C22H29N3O5S. The average molecular weight is 448 g/mol. The Morgan fingerprint density at radius 3 is 2.55 bits per heavy atom. The van der Waals surface area contributed by atoms with Crippen LogP contribution in [0.5, 0.6) is 0 Å². The molecule has 2 heterocycles. The van der Waals surface area contributed by atoms with Crippen molar-refractivity contribution in [2.45, 2.75) is 63.0 Å². The first-order chi connectivity index (χ1) is 14.7. The van der Waals surface area contributed by atoms with Gasteiger partial charge in [-0.05, 0) is 30.5 Å². The highest BCUT2D eigenvalue weighted by Crippen LogP contribution is 2.37. The molecule has 0 radical (unpaired) electrons. The van der Waals surface area contributed by atoms with Gasteiger partial charge in [-0.1, -0.05) is 38.8 Å². The molecule has 1 aliphatic heterocycles. The van der Waals surface area contributed by atoms with Gasteiger partial charge in [0.25, 0.3) is 10.0 Å². The van der Waals surface area contributed by atoms with E-state index >= 15 is 0 Å². The summed E-state index contributed by atoms with van der Waals surface area (Å²) >= 11 is 0. The van der Waals surface area contributed by atoms with Crippen LogP contribution in [0.3, 0.4) is 0 Å². The highest BCUT2D eigenvalue weighted by atomic mass is 32.2. The van der Waals surface area contributed by atoms with Gasteiger partial charge < -0.3 is 14.4 Å². The number of aliphatic hydroxyl groups excluding tert-OH is 1. The van der Waals surface area contributed by atoms with Gasteiger partial charge in [0.1, 0.15) is 11.4 Å². The second-order valence-corrected chi connectivity index (χ2v) is 9.66. The molecule has 1 aromatic heterocycles. The van der Waals surface area contributed by atoms with Gasteiger partial charge in [-0.2, -0.15) is 8.42 Å². The normalized spacial score (nSPS) is 16.3. The third-order valence-corrected chi connectivity index (χ3v) is 6.59. The number of rotatable bonds is 9. The molecule has 0 saturated heterocycles. The largest absolute Gasteiger partial charge is 0.512 e. The van der Waals surface area contributed by atoms with Gasteiger partial charge in [0.2, 0.25) is 0 Å². The number of cyclic esters (lactones) is 1. The molecule has 0 atom stereocenters. The molecule has 1 aromatic carbocycles. The van der Waals surface area contributed by atoms with Gasteiger partial charge in [-0.25, -0.2) is 9.78 Å². The van der Waals surface area contributed by atoms with Crippen LogP contribution >= 0.6 is 0 Å². The lowest BCUT2D eigenvalue weighted by Crippen LogP contribution is -2.40. The molecule has 0 saturated carbocycles. The van der Waals surface area contributed by atoms with Crippen molar-refractivity contribution in [1.82, 2.24) is 9.55 Å². The van der Waals surface area contributed by atoms with Crippen molar-refractivity contribution < 1.29 is 23.1 Å². The number of aromatic nitrogens is 2. The van der Waals surface area contributed by atoms with Crippen LogP contribution in [0.2, 0.25) is 0 Å². The molecule has 2 aromatic rings. The lowest BCUT2D eigenvalue weighted by molar-refractivity contribution is -0.161. The zero-order valence-corrected chi connectivity index (χ0v) is 18.9. The second-order valence-electron chi connectivity index (χ2n) is 8.03. The Morgan fingerprint density at radius 2 is 1.97 bits per heavy atom. The van der Waals surface area contributed by atoms with Crippen LogP contribution in [0.15, 0.2) is 53.1 Å². The first-order valence-electron chi connectivity index (χ1n) is 10.4. The fraction of sp³-hybridized carbons (Fsp3) is 0.455. The molecule has 0 fully saturated rings. The summed E-state index contributed by atoms with van der Waals surface area (Å²) < 4.78 is 34.9. The molecule has 1 aliphatic rings. The molecule has 0 unspecified atom stereocenters. The lowest BCUT2D eigenvalue weighted by atomic mass is 9.84. The zero-order valence-electron chi connectivity index (χ0n) is 18.1. The molecule has 31 heavy (non-hydrogen) atoms. The van der Waals surface area contributed by atoms with Gasteiger partial charge in [-0.15, -0.1) is 0 Å². The SMILES string of the molecule is CCCC1(CCC)CC(O)=C(Cc2cccc(NS(=O)(=O)c3cn(C)cn3)c2)C(=O)O1. The van der Waals surface area contributed by atoms with Gasteiger partial charge in [0.05, 0.1) is 11.9 Å². The van der Waals surface area contributed by atoms with E-state index in [9.17, 15) is 18.3 Å². The Hall–Kier alpha value is -2.81. The minimum absolute atomic E-state index is 0.0534. The number of nitrogens with one attached hydrogen (secondary N) is 1. The molecule has 9 heteroatoms. The van der Waals surface area contributed by atoms with Crippen molar-refractivity contribution in [2.75, 3.05) is 4.72 Å². The molecule has 3 rings (SSSR count). The summed E-state index contributed by atoms with van der Waals surface area (Å²) in [4.78, 5) is 16.6. The first kappa shape index (κ1) is 22.9. The Bertz CT molecular complexity index is 1080. The number of hydrogen-bond acceptors (Lipinski definition) is 6. The van der Waals surface area contributed by atoms with Crippen molar-refractivity contribution in [1.29, 1.82) is 0 Å². The van der Waals surface area contributed by atoms with Crippen LogP contribution in [-0.4, -0.2) is 34.6 Å². The summed E-state index contributed by atoms with van der Waals surface area (Å²) in [6.07, 6.45) is 6.39. The first-order valence-corrected chi connectivity index (χ1v) is 11.9. The lowest BCUT2D eigenvalue weighted by Gasteiger charge is -2.37. The highest BCUT2D eigenvalue weighted by Gasteiger charge is 2.40. The number of hydrogen-bond donors (Lipinski definition) is 2.